The number of imide groups is 2. The van der Waals surface area contributed by atoms with Crippen molar-refractivity contribution in [3.63, 3.8) is 0 Å². The van der Waals surface area contributed by atoms with Crippen molar-refractivity contribution in [2.24, 2.45) is 5.92 Å². The van der Waals surface area contributed by atoms with Gasteiger partial charge in [-0.15, -0.1) is 11.6 Å². The van der Waals surface area contributed by atoms with Crippen molar-refractivity contribution in [1.29, 1.82) is 5.26 Å². The van der Waals surface area contributed by atoms with E-state index in [0.717, 1.165) is 73.0 Å². The molecule has 5 heterocycles. The lowest BCUT2D eigenvalue weighted by Gasteiger charge is -2.45. The van der Waals surface area contributed by atoms with Crippen LogP contribution in [-0.4, -0.2) is 108 Å². The molecule has 4 amide bonds. The van der Waals surface area contributed by atoms with Gasteiger partial charge in [-0.1, -0.05) is 37.6 Å². The number of ether oxygens (including phenoxy) is 2. The van der Waals surface area contributed by atoms with Crippen molar-refractivity contribution in [2.75, 3.05) is 62.1 Å². The summed E-state index contributed by atoms with van der Waals surface area (Å²) in [6.45, 7) is 9.01. The molecule has 4 aliphatic heterocycles. The third-order valence-electron chi connectivity index (χ3n) is 12.6. The first-order valence-corrected chi connectivity index (χ1v) is 21.8. The van der Waals surface area contributed by atoms with Crippen molar-refractivity contribution in [3.05, 3.63) is 105 Å². The van der Waals surface area contributed by atoms with Crippen molar-refractivity contribution in [3.8, 4) is 17.6 Å². The molecule has 8 rings (SSSR count). The molecule has 3 saturated heterocycles. The lowest BCUT2D eigenvalue weighted by molar-refractivity contribution is -0.136. The molecule has 3 aromatic carbocycles. The molecule has 0 aliphatic carbocycles. The highest BCUT2D eigenvalue weighted by molar-refractivity contribution is 6.32. The van der Waals surface area contributed by atoms with Crippen LogP contribution in [0.4, 0.5) is 11.6 Å². The molecule has 0 bridgehead atoms. The number of rotatable bonds is 14. The van der Waals surface area contributed by atoms with Gasteiger partial charge in [0.05, 0.1) is 33.3 Å². The summed E-state index contributed by atoms with van der Waals surface area (Å²) < 4.78 is 11.8. The molecule has 16 heteroatoms. The van der Waals surface area contributed by atoms with E-state index in [1.807, 2.05) is 48.5 Å². The number of benzene rings is 3. The maximum absolute atomic E-state index is 13.4. The highest BCUT2D eigenvalue weighted by Crippen LogP contribution is 2.39. The maximum Gasteiger partial charge on any atom is 0.262 e. The van der Waals surface area contributed by atoms with E-state index in [2.05, 4.69) is 52.0 Å². The first-order chi connectivity index (χ1) is 29.8. The highest BCUT2D eigenvalue weighted by atomic mass is 35.5. The Balaban J connectivity index is 0.793. The smallest absolute Gasteiger partial charge is 0.262 e. The van der Waals surface area contributed by atoms with Gasteiger partial charge in [0.1, 0.15) is 31.1 Å². The van der Waals surface area contributed by atoms with Crippen LogP contribution < -0.4 is 24.6 Å². The second kappa shape index (κ2) is 17.9. The van der Waals surface area contributed by atoms with E-state index in [0.29, 0.717) is 63.6 Å². The molecule has 0 spiro atoms. The average molecular weight is 880 g/mol. The van der Waals surface area contributed by atoms with Crippen LogP contribution in [0.25, 0.3) is 0 Å². The summed E-state index contributed by atoms with van der Waals surface area (Å²) in [6.07, 6.45) is 3.98. The molecule has 3 fully saturated rings. The monoisotopic (exact) mass is 878 g/mol. The topological polar surface area (TPSA) is 161 Å². The van der Waals surface area contributed by atoms with E-state index < -0.39 is 35.1 Å². The maximum atomic E-state index is 13.4. The van der Waals surface area contributed by atoms with Crippen LogP contribution in [0, 0.1) is 17.2 Å². The fourth-order valence-electron chi connectivity index (χ4n) is 8.72. The number of amides is 4. The number of aromatic nitrogens is 2. The summed E-state index contributed by atoms with van der Waals surface area (Å²) in [5, 5.41) is 12.4. The van der Waals surface area contributed by atoms with Gasteiger partial charge in [0.25, 0.3) is 11.8 Å². The number of nitrogens with one attached hydrogen (secondary N) is 1. The Hall–Kier alpha value is -5.75. The first kappa shape index (κ1) is 42.9. The van der Waals surface area contributed by atoms with Gasteiger partial charge >= 0.3 is 0 Å². The number of carbonyl (C=O) groups is 4. The van der Waals surface area contributed by atoms with Crippen molar-refractivity contribution < 1.29 is 28.7 Å². The molecule has 4 aliphatic rings. The predicted octanol–water partition coefficient (Wildman–Crippen LogP) is 5.96. The van der Waals surface area contributed by atoms with Gasteiger partial charge in [0.2, 0.25) is 17.8 Å². The summed E-state index contributed by atoms with van der Waals surface area (Å²) in [6, 6.07) is 20.3. The van der Waals surface area contributed by atoms with Crippen LogP contribution in [-0.2, 0) is 21.6 Å². The van der Waals surface area contributed by atoms with Gasteiger partial charge in [-0.2, -0.15) is 5.26 Å². The summed E-state index contributed by atoms with van der Waals surface area (Å²) in [5.41, 5.74) is 4.09. The average Bonchev–Trinajstić information content (AvgIpc) is 3.49. The Morgan fingerprint density at radius 2 is 1.66 bits per heavy atom. The number of piperidine rings is 2. The molecule has 1 N–H and O–H groups in total. The zero-order valence-corrected chi connectivity index (χ0v) is 36.4. The third-order valence-corrected chi connectivity index (χ3v) is 13.0. The minimum absolute atomic E-state index is 0.0884. The predicted molar refractivity (Wildman–Crippen MR) is 234 cm³/mol. The lowest BCUT2D eigenvalue weighted by atomic mass is 9.77. The molecular weight excluding hydrogens is 831 g/mol. The molecule has 62 heavy (non-hydrogen) atoms. The number of hydrogen-bond acceptors (Lipinski definition) is 12. The van der Waals surface area contributed by atoms with Crippen molar-refractivity contribution >= 4 is 58.5 Å². The second-order valence-electron chi connectivity index (χ2n) is 16.9. The van der Waals surface area contributed by atoms with Gasteiger partial charge < -0.3 is 19.3 Å². The zero-order chi connectivity index (χ0) is 43.7. The van der Waals surface area contributed by atoms with E-state index in [9.17, 15) is 24.4 Å². The molecule has 0 saturated carbocycles. The van der Waals surface area contributed by atoms with Crippen molar-refractivity contribution in [1.82, 2.24) is 25.1 Å². The molecule has 4 aromatic rings. The Morgan fingerprint density at radius 1 is 0.919 bits per heavy atom. The van der Waals surface area contributed by atoms with Crippen LogP contribution in [0.1, 0.15) is 82.6 Å². The summed E-state index contributed by atoms with van der Waals surface area (Å²) in [7, 11) is 2.18. The van der Waals surface area contributed by atoms with Gasteiger partial charge in [-0.3, -0.25) is 34.3 Å². The number of likely N-dealkylation sites (N-methyl/N-ethyl adjacent to an activating group) is 1. The van der Waals surface area contributed by atoms with E-state index >= 15 is 0 Å². The number of nitrogens with zero attached hydrogens (tertiary/aromatic N) is 7. The molecule has 1 aromatic heterocycles. The normalized spacial score (nSPS) is 18.5. The number of alkyl halides is 1. The lowest BCUT2D eigenvalue weighted by Crippen LogP contribution is -2.60. The number of fused-ring (bicyclic) bond motifs is 1. The van der Waals surface area contributed by atoms with Crippen LogP contribution in [0.3, 0.4) is 0 Å². The Kier molecular flexibility index (Phi) is 12.4. The van der Waals surface area contributed by atoms with Gasteiger partial charge in [-0.25, -0.2) is 9.97 Å². The Morgan fingerprint density at radius 3 is 2.37 bits per heavy atom. The fraction of sp³-hybridized carbons (Fsp3) is 0.413. The van der Waals surface area contributed by atoms with E-state index in [1.165, 1.54) is 0 Å². The summed E-state index contributed by atoms with van der Waals surface area (Å²) in [5.74, 6) is 0.566. The highest BCUT2D eigenvalue weighted by Gasteiger charge is 2.45. The molecule has 1 atom stereocenters. The number of anilines is 2. The van der Waals surface area contributed by atoms with Crippen LogP contribution in [0.2, 0.25) is 5.02 Å². The minimum atomic E-state index is -0.977. The SMILES string of the molecule is CN(CC1CCN(c2ccc3c(c2)C(=O)N(C2CCC(=O)NC2=O)C3=O)CC1)C1CN(c2nccc(COc3ccc(C(C)(C)c4cc(Cl)c(OCCCl)c(C#N)c4)cc3)n2)C1. The standard InChI is InChI=1S/C46H48Cl2N8O6/c1-46(2,31-20-29(23-49)41(38(48)21-31)61-19-15-47)30-4-7-35(8-5-30)62-27-32-12-16-50-45(51-32)55-25-34(26-55)53(3)24-28-13-17-54(18-14-28)33-6-9-36-37(22-33)44(60)56(43(36)59)39-10-11-40(57)52-42(39)58/h4-9,12,16,20-22,28,34,39H,10-11,13-15,17-19,24-27H2,1-3H3,(H,52,57,58). The Bertz CT molecular complexity index is 2430. The summed E-state index contributed by atoms with van der Waals surface area (Å²) >= 11 is 12.3. The quantitative estimate of drug-likeness (QED) is 0.117. The van der Waals surface area contributed by atoms with E-state index in [4.69, 9.17) is 37.7 Å². The van der Waals surface area contributed by atoms with Crippen LogP contribution >= 0.6 is 23.2 Å². The second-order valence-corrected chi connectivity index (χ2v) is 17.7. The molecule has 1 unspecified atom stereocenters. The largest absolute Gasteiger partial charge is 0.489 e. The molecule has 322 valence electrons. The molecule has 0 radical (unpaired) electrons. The number of nitriles is 1. The van der Waals surface area contributed by atoms with Gasteiger partial charge in [-0.05, 0) is 91.9 Å². The van der Waals surface area contributed by atoms with Gasteiger partial charge in [0.15, 0.2) is 5.75 Å². The Labute approximate surface area is 370 Å². The minimum Gasteiger partial charge on any atom is -0.489 e. The van der Waals surface area contributed by atoms with Crippen LogP contribution in [0.5, 0.6) is 11.5 Å². The van der Waals surface area contributed by atoms with Gasteiger partial charge in [0, 0.05) is 62.5 Å². The molecular formula is C46H48Cl2N8O6. The summed E-state index contributed by atoms with van der Waals surface area (Å²) in [4.78, 5) is 67.8. The third kappa shape index (κ3) is 8.66. The molecule has 14 nitrogen and oxygen atoms in total. The number of halogens is 2. The zero-order valence-electron chi connectivity index (χ0n) is 34.9. The van der Waals surface area contributed by atoms with Crippen LogP contribution in [0.15, 0.2) is 66.9 Å². The number of carbonyl (C=O) groups excluding carboxylic acids is 4. The van der Waals surface area contributed by atoms with E-state index in [-0.39, 0.29) is 19.4 Å². The number of hydrogen-bond donors (Lipinski definition) is 1. The van der Waals surface area contributed by atoms with E-state index in [1.54, 1.807) is 18.3 Å². The first-order valence-electron chi connectivity index (χ1n) is 20.9. The van der Waals surface area contributed by atoms with Crippen molar-refractivity contribution in [2.45, 2.75) is 63.6 Å². The fourth-order valence-corrected chi connectivity index (χ4v) is 9.07.